The summed E-state index contributed by atoms with van der Waals surface area (Å²) in [4.78, 5) is 0. The molecule has 0 spiro atoms. The molecule has 1 N–H and O–H groups in total. The molecule has 2 aromatic rings. The third kappa shape index (κ3) is 3.58. The summed E-state index contributed by atoms with van der Waals surface area (Å²) in [6.45, 7) is 4.46. The molecule has 0 aliphatic carbocycles. The number of halogens is 1. The molecule has 0 saturated carbocycles. The van der Waals surface area contributed by atoms with Crippen molar-refractivity contribution in [1.29, 1.82) is 0 Å². The Hall–Kier alpha value is -1.87. The van der Waals surface area contributed by atoms with Gasteiger partial charge >= 0.3 is 0 Å². The molecule has 0 aliphatic rings. The Morgan fingerprint density at radius 2 is 1.75 bits per heavy atom. The molecule has 0 fully saturated rings. The van der Waals surface area contributed by atoms with Gasteiger partial charge in [-0.1, -0.05) is 24.3 Å². The van der Waals surface area contributed by atoms with Gasteiger partial charge in [0.1, 0.15) is 18.2 Å². The molecule has 2 nitrogen and oxygen atoms in total. The van der Waals surface area contributed by atoms with Crippen LogP contribution in [0.4, 0.5) is 4.39 Å². The van der Waals surface area contributed by atoms with Crippen LogP contribution in [0.5, 0.6) is 5.75 Å². The summed E-state index contributed by atoms with van der Waals surface area (Å²) < 4.78 is 19.6. The highest BCUT2D eigenvalue weighted by molar-refractivity contribution is 5.33. The van der Waals surface area contributed by atoms with Crippen molar-refractivity contribution in [2.75, 3.05) is 13.7 Å². The Balaban J connectivity index is 2.10. The fourth-order valence-corrected chi connectivity index (χ4v) is 2.28. The van der Waals surface area contributed by atoms with Crippen LogP contribution in [0.25, 0.3) is 0 Å². The number of rotatable bonds is 5. The van der Waals surface area contributed by atoms with E-state index in [4.69, 9.17) is 4.74 Å². The van der Waals surface area contributed by atoms with Gasteiger partial charge in [-0.05, 0) is 50.2 Å². The predicted molar refractivity (Wildman–Crippen MR) is 79.6 cm³/mol. The minimum Gasteiger partial charge on any atom is -0.492 e. The Bertz CT molecular complexity index is 563. The molecule has 3 heteroatoms. The highest BCUT2D eigenvalue weighted by Crippen LogP contribution is 2.20. The molecule has 2 rings (SSSR count). The van der Waals surface area contributed by atoms with E-state index >= 15 is 0 Å². The van der Waals surface area contributed by atoms with E-state index in [0.717, 1.165) is 16.9 Å². The van der Waals surface area contributed by atoms with Crippen LogP contribution in [-0.2, 0) is 0 Å². The van der Waals surface area contributed by atoms with E-state index < -0.39 is 0 Å². The maximum absolute atomic E-state index is 13.8. The average molecular weight is 273 g/mol. The summed E-state index contributed by atoms with van der Waals surface area (Å²) in [7, 11) is 1.81. The van der Waals surface area contributed by atoms with Crippen molar-refractivity contribution in [2.45, 2.75) is 19.9 Å². The van der Waals surface area contributed by atoms with Crippen molar-refractivity contribution in [2.24, 2.45) is 0 Å². The fourth-order valence-electron chi connectivity index (χ4n) is 2.28. The first-order chi connectivity index (χ1) is 9.60. The first-order valence-corrected chi connectivity index (χ1v) is 6.73. The Labute approximate surface area is 119 Å². The number of hydrogen-bond donors (Lipinski definition) is 1. The van der Waals surface area contributed by atoms with Gasteiger partial charge in [-0.2, -0.15) is 0 Å². The quantitative estimate of drug-likeness (QED) is 0.895. The molecule has 0 saturated heterocycles. The smallest absolute Gasteiger partial charge is 0.128 e. The standard InChI is InChI=1S/C17H20FNO/c1-12-8-13(2)10-14(9-12)20-11-17(19-3)15-6-4-5-7-16(15)18/h4-10,17,19H,11H2,1-3H3. The number of hydrogen-bond acceptors (Lipinski definition) is 2. The monoisotopic (exact) mass is 273 g/mol. The normalized spacial score (nSPS) is 12.2. The Morgan fingerprint density at radius 3 is 2.35 bits per heavy atom. The molecule has 2 aromatic carbocycles. The SMILES string of the molecule is CNC(COc1cc(C)cc(C)c1)c1ccccc1F. The zero-order valence-corrected chi connectivity index (χ0v) is 12.1. The van der Waals surface area contributed by atoms with E-state index in [0.29, 0.717) is 12.2 Å². The van der Waals surface area contributed by atoms with Gasteiger partial charge in [0.2, 0.25) is 0 Å². The average Bonchev–Trinajstić information content (AvgIpc) is 2.40. The lowest BCUT2D eigenvalue weighted by Gasteiger charge is -2.18. The van der Waals surface area contributed by atoms with Gasteiger partial charge in [0.25, 0.3) is 0 Å². The molecule has 106 valence electrons. The van der Waals surface area contributed by atoms with Crippen LogP contribution in [0.1, 0.15) is 22.7 Å². The van der Waals surface area contributed by atoms with E-state index in [1.165, 1.54) is 6.07 Å². The molecule has 1 atom stereocenters. The van der Waals surface area contributed by atoms with Gasteiger partial charge in [-0.15, -0.1) is 0 Å². The summed E-state index contributed by atoms with van der Waals surface area (Å²) >= 11 is 0. The van der Waals surface area contributed by atoms with Crippen LogP contribution in [0.3, 0.4) is 0 Å². The van der Waals surface area contributed by atoms with Gasteiger partial charge < -0.3 is 10.1 Å². The lowest BCUT2D eigenvalue weighted by atomic mass is 10.1. The molecule has 20 heavy (non-hydrogen) atoms. The molecule has 0 aliphatic heterocycles. The molecular weight excluding hydrogens is 253 g/mol. The second kappa shape index (κ2) is 6.53. The zero-order chi connectivity index (χ0) is 14.5. The summed E-state index contributed by atoms with van der Waals surface area (Å²) in [5.41, 5.74) is 2.94. The predicted octanol–water partition coefficient (Wildman–Crippen LogP) is 3.78. The van der Waals surface area contributed by atoms with Gasteiger partial charge in [0.05, 0.1) is 6.04 Å². The first kappa shape index (κ1) is 14.5. The maximum atomic E-state index is 13.8. The summed E-state index contributed by atoms with van der Waals surface area (Å²) in [5.74, 6) is 0.606. The number of nitrogens with one attached hydrogen (secondary N) is 1. The Kier molecular flexibility index (Phi) is 4.74. The number of likely N-dealkylation sites (N-methyl/N-ethyl adjacent to an activating group) is 1. The molecule has 0 heterocycles. The van der Waals surface area contributed by atoms with Gasteiger partial charge in [0, 0.05) is 5.56 Å². The van der Waals surface area contributed by atoms with E-state index in [2.05, 4.69) is 11.4 Å². The van der Waals surface area contributed by atoms with Crippen LogP contribution in [0, 0.1) is 19.7 Å². The molecule has 0 aromatic heterocycles. The third-order valence-electron chi connectivity index (χ3n) is 3.24. The molecule has 1 unspecified atom stereocenters. The largest absolute Gasteiger partial charge is 0.492 e. The van der Waals surface area contributed by atoms with Crippen LogP contribution >= 0.6 is 0 Å². The van der Waals surface area contributed by atoms with Gasteiger partial charge in [-0.25, -0.2) is 4.39 Å². The van der Waals surface area contributed by atoms with Gasteiger partial charge in [-0.3, -0.25) is 0 Å². The van der Waals surface area contributed by atoms with Gasteiger partial charge in [0.15, 0.2) is 0 Å². The zero-order valence-electron chi connectivity index (χ0n) is 12.1. The van der Waals surface area contributed by atoms with E-state index in [9.17, 15) is 4.39 Å². The van der Waals surface area contributed by atoms with E-state index in [-0.39, 0.29) is 11.9 Å². The molecule has 0 amide bonds. The second-order valence-corrected chi connectivity index (χ2v) is 5.00. The van der Waals surface area contributed by atoms with Crippen molar-refractivity contribution in [3.63, 3.8) is 0 Å². The minimum atomic E-state index is -0.212. The lowest BCUT2D eigenvalue weighted by molar-refractivity contribution is 0.269. The summed E-state index contributed by atoms with van der Waals surface area (Å²) in [6, 6.07) is 12.7. The van der Waals surface area contributed by atoms with E-state index in [1.54, 1.807) is 12.1 Å². The van der Waals surface area contributed by atoms with Crippen molar-refractivity contribution in [1.82, 2.24) is 5.32 Å². The summed E-state index contributed by atoms with van der Waals surface area (Å²) in [6.07, 6.45) is 0. The highest BCUT2D eigenvalue weighted by Gasteiger charge is 2.14. The number of benzene rings is 2. The summed E-state index contributed by atoms with van der Waals surface area (Å²) in [5, 5.41) is 3.09. The van der Waals surface area contributed by atoms with Crippen LogP contribution in [-0.4, -0.2) is 13.7 Å². The van der Waals surface area contributed by atoms with Crippen LogP contribution in [0.2, 0.25) is 0 Å². The molecular formula is C17H20FNO. The topological polar surface area (TPSA) is 21.3 Å². The fraction of sp³-hybridized carbons (Fsp3) is 0.294. The van der Waals surface area contributed by atoms with Crippen LogP contribution < -0.4 is 10.1 Å². The second-order valence-electron chi connectivity index (χ2n) is 5.00. The van der Waals surface area contributed by atoms with Crippen molar-refractivity contribution >= 4 is 0 Å². The van der Waals surface area contributed by atoms with Crippen molar-refractivity contribution < 1.29 is 9.13 Å². The number of ether oxygens (including phenoxy) is 1. The lowest BCUT2D eigenvalue weighted by Crippen LogP contribution is -2.24. The molecule has 0 bridgehead atoms. The van der Waals surface area contributed by atoms with Crippen LogP contribution in [0.15, 0.2) is 42.5 Å². The van der Waals surface area contributed by atoms with E-state index in [1.807, 2.05) is 39.1 Å². The highest BCUT2D eigenvalue weighted by atomic mass is 19.1. The third-order valence-corrected chi connectivity index (χ3v) is 3.24. The maximum Gasteiger partial charge on any atom is 0.128 e. The number of aryl methyl sites for hydroxylation is 2. The minimum absolute atomic E-state index is 0.169. The van der Waals surface area contributed by atoms with Crippen molar-refractivity contribution in [3.8, 4) is 5.75 Å². The van der Waals surface area contributed by atoms with Crippen molar-refractivity contribution in [3.05, 3.63) is 65.0 Å². The molecule has 0 radical (unpaired) electrons. The first-order valence-electron chi connectivity index (χ1n) is 6.73. The Morgan fingerprint density at radius 1 is 1.10 bits per heavy atom.